The van der Waals surface area contributed by atoms with Gasteiger partial charge in [0.15, 0.2) is 0 Å². The Balaban J connectivity index is 2.15. The van der Waals surface area contributed by atoms with Gasteiger partial charge in [-0.15, -0.1) is 0 Å². The van der Waals surface area contributed by atoms with E-state index < -0.39 is 14.3 Å². The van der Waals surface area contributed by atoms with E-state index in [9.17, 15) is 8.42 Å². The zero-order chi connectivity index (χ0) is 13.2. The predicted molar refractivity (Wildman–Crippen MR) is 72.6 cm³/mol. The summed E-state index contributed by atoms with van der Waals surface area (Å²) in [4.78, 5) is 0. The molecule has 1 heterocycles. The summed E-state index contributed by atoms with van der Waals surface area (Å²) < 4.78 is 28.4. The van der Waals surface area contributed by atoms with Crippen LogP contribution in [0.2, 0.25) is 5.02 Å². The molecule has 2 rings (SSSR count). The molecular formula is C12H14Cl2O3S. The van der Waals surface area contributed by atoms with Crippen LogP contribution in [0.3, 0.4) is 0 Å². The van der Waals surface area contributed by atoms with Crippen molar-refractivity contribution in [1.29, 1.82) is 0 Å². The molecule has 1 aromatic rings. The first kappa shape index (κ1) is 14.1. The third-order valence-electron chi connectivity index (χ3n) is 3.15. The normalized spacial score (nSPS) is 25.0. The fourth-order valence-corrected chi connectivity index (χ4v) is 4.23. The first-order valence-corrected chi connectivity index (χ1v) is 8.47. The molecule has 6 heteroatoms. The lowest BCUT2D eigenvalue weighted by atomic mass is 9.94. The molecule has 1 aliphatic heterocycles. The molecule has 0 spiro atoms. The quantitative estimate of drug-likeness (QED) is 0.806. The third-order valence-corrected chi connectivity index (χ3v) is 5.42. The lowest BCUT2D eigenvalue weighted by Crippen LogP contribution is -2.37. The largest absolute Gasteiger partial charge is 0.381 e. The standard InChI is InChI=1S/C12H14Cl2O3S/c13-11-3-1-2-9(7-11)6-10-8-17-5-4-12(10)18(14,15)16/h1-3,7,10,12H,4-6,8H2/t10-,12-/m1/s1. The maximum Gasteiger partial charge on any atom is 0.235 e. The predicted octanol–water partition coefficient (Wildman–Crippen LogP) is 2.86. The monoisotopic (exact) mass is 308 g/mol. The summed E-state index contributed by atoms with van der Waals surface area (Å²) in [6, 6.07) is 7.41. The number of halogens is 2. The van der Waals surface area contributed by atoms with Crippen LogP contribution in [0.5, 0.6) is 0 Å². The van der Waals surface area contributed by atoms with E-state index in [1.807, 2.05) is 18.2 Å². The molecule has 1 saturated heterocycles. The second-order valence-electron chi connectivity index (χ2n) is 4.47. The molecular weight excluding hydrogens is 295 g/mol. The van der Waals surface area contributed by atoms with Crippen molar-refractivity contribution in [3.8, 4) is 0 Å². The highest BCUT2D eigenvalue weighted by molar-refractivity contribution is 8.14. The maximum absolute atomic E-state index is 11.5. The van der Waals surface area contributed by atoms with Crippen molar-refractivity contribution in [2.75, 3.05) is 13.2 Å². The minimum absolute atomic E-state index is 0.111. The Hall–Kier alpha value is -0.290. The van der Waals surface area contributed by atoms with Crippen molar-refractivity contribution in [2.24, 2.45) is 5.92 Å². The smallest absolute Gasteiger partial charge is 0.235 e. The van der Waals surface area contributed by atoms with Crippen molar-refractivity contribution in [3.05, 3.63) is 34.9 Å². The second kappa shape index (κ2) is 5.78. The Morgan fingerprint density at radius 3 is 2.83 bits per heavy atom. The third kappa shape index (κ3) is 3.60. The van der Waals surface area contributed by atoms with Gasteiger partial charge >= 0.3 is 0 Å². The number of hydrogen-bond donors (Lipinski definition) is 0. The van der Waals surface area contributed by atoms with E-state index in [1.54, 1.807) is 6.07 Å². The topological polar surface area (TPSA) is 43.4 Å². The molecule has 0 unspecified atom stereocenters. The van der Waals surface area contributed by atoms with E-state index in [2.05, 4.69) is 0 Å². The van der Waals surface area contributed by atoms with Crippen molar-refractivity contribution < 1.29 is 13.2 Å². The Bertz CT molecular complexity index is 516. The van der Waals surface area contributed by atoms with Gasteiger partial charge in [0.05, 0.1) is 11.9 Å². The SMILES string of the molecule is O=S(=O)(Cl)[C@@H]1CCOC[C@H]1Cc1cccc(Cl)c1. The fourth-order valence-electron chi connectivity index (χ4n) is 2.30. The summed E-state index contributed by atoms with van der Waals surface area (Å²) in [5.41, 5.74) is 1.00. The van der Waals surface area contributed by atoms with Crippen LogP contribution >= 0.6 is 22.3 Å². The van der Waals surface area contributed by atoms with Gasteiger partial charge in [0.2, 0.25) is 9.05 Å². The van der Waals surface area contributed by atoms with Crippen LogP contribution in [0.4, 0.5) is 0 Å². The second-order valence-corrected chi connectivity index (χ2v) is 7.76. The zero-order valence-corrected chi connectivity index (χ0v) is 12.0. The maximum atomic E-state index is 11.5. The van der Waals surface area contributed by atoms with E-state index in [-0.39, 0.29) is 5.92 Å². The lowest BCUT2D eigenvalue weighted by Gasteiger charge is -2.29. The molecule has 3 nitrogen and oxygen atoms in total. The molecule has 0 bridgehead atoms. The van der Waals surface area contributed by atoms with Gasteiger partial charge in [-0.25, -0.2) is 8.42 Å². The van der Waals surface area contributed by atoms with Gasteiger partial charge in [0, 0.05) is 28.2 Å². The Morgan fingerprint density at radius 1 is 1.39 bits per heavy atom. The summed E-state index contributed by atoms with van der Waals surface area (Å²) >= 11 is 5.91. The lowest BCUT2D eigenvalue weighted by molar-refractivity contribution is 0.0577. The van der Waals surface area contributed by atoms with E-state index >= 15 is 0 Å². The Morgan fingerprint density at radius 2 is 2.17 bits per heavy atom. The summed E-state index contributed by atoms with van der Waals surface area (Å²) in [6.07, 6.45) is 1.06. The molecule has 0 aromatic heterocycles. The molecule has 0 saturated carbocycles. The van der Waals surface area contributed by atoms with Gasteiger partial charge in [0.1, 0.15) is 0 Å². The van der Waals surface area contributed by atoms with Gasteiger partial charge in [-0.3, -0.25) is 0 Å². The summed E-state index contributed by atoms with van der Waals surface area (Å²) in [6.45, 7) is 0.867. The Labute approximate surface area is 116 Å². The molecule has 100 valence electrons. The van der Waals surface area contributed by atoms with E-state index in [0.717, 1.165) is 5.56 Å². The van der Waals surface area contributed by atoms with Gasteiger partial charge in [-0.1, -0.05) is 23.7 Å². The number of ether oxygens (including phenoxy) is 1. The van der Waals surface area contributed by atoms with Crippen LogP contribution in [-0.4, -0.2) is 26.9 Å². The molecule has 0 aliphatic carbocycles. The highest BCUT2D eigenvalue weighted by atomic mass is 35.7. The van der Waals surface area contributed by atoms with E-state index in [4.69, 9.17) is 27.0 Å². The zero-order valence-electron chi connectivity index (χ0n) is 9.68. The first-order chi connectivity index (χ1) is 8.47. The molecule has 0 N–H and O–H groups in total. The van der Waals surface area contributed by atoms with Crippen molar-refractivity contribution in [3.63, 3.8) is 0 Å². The van der Waals surface area contributed by atoms with Crippen LogP contribution in [-0.2, 0) is 20.2 Å². The summed E-state index contributed by atoms with van der Waals surface area (Å²) in [5, 5.41) is 0.112. The van der Waals surface area contributed by atoms with Crippen molar-refractivity contribution in [1.82, 2.24) is 0 Å². The molecule has 1 aromatic carbocycles. The molecule has 0 amide bonds. The van der Waals surface area contributed by atoms with Crippen LogP contribution < -0.4 is 0 Å². The highest BCUT2D eigenvalue weighted by Crippen LogP contribution is 2.28. The van der Waals surface area contributed by atoms with Gasteiger partial charge in [0.25, 0.3) is 0 Å². The molecule has 0 radical (unpaired) electrons. The number of hydrogen-bond acceptors (Lipinski definition) is 3. The molecule has 18 heavy (non-hydrogen) atoms. The van der Waals surface area contributed by atoms with Gasteiger partial charge in [-0.2, -0.15) is 0 Å². The number of benzene rings is 1. The minimum Gasteiger partial charge on any atom is -0.381 e. The van der Waals surface area contributed by atoms with Crippen molar-refractivity contribution in [2.45, 2.75) is 18.1 Å². The van der Waals surface area contributed by atoms with E-state index in [1.165, 1.54) is 0 Å². The van der Waals surface area contributed by atoms with Crippen LogP contribution in [0.15, 0.2) is 24.3 Å². The van der Waals surface area contributed by atoms with Gasteiger partial charge in [-0.05, 0) is 30.5 Å². The first-order valence-electron chi connectivity index (χ1n) is 5.72. The highest BCUT2D eigenvalue weighted by Gasteiger charge is 2.34. The average molecular weight is 309 g/mol. The average Bonchev–Trinajstić information content (AvgIpc) is 2.28. The van der Waals surface area contributed by atoms with E-state index in [0.29, 0.717) is 31.1 Å². The summed E-state index contributed by atoms with van der Waals surface area (Å²) in [5.74, 6) is -0.111. The molecule has 1 fully saturated rings. The van der Waals surface area contributed by atoms with Crippen LogP contribution in [0.1, 0.15) is 12.0 Å². The number of rotatable bonds is 3. The molecule has 1 aliphatic rings. The van der Waals surface area contributed by atoms with Crippen molar-refractivity contribution >= 4 is 31.3 Å². The summed E-state index contributed by atoms with van der Waals surface area (Å²) in [7, 11) is 1.95. The minimum atomic E-state index is -3.55. The molecule has 2 atom stereocenters. The fraction of sp³-hybridized carbons (Fsp3) is 0.500. The van der Waals surface area contributed by atoms with Crippen LogP contribution in [0, 0.1) is 5.92 Å². The Kier molecular flexibility index (Phi) is 4.54. The van der Waals surface area contributed by atoms with Crippen LogP contribution in [0.25, 0.3) is 0 Å². The van der Waals surface area contributed by atoms with Gasteiger partial charge < -0.3 is 4.74 Å².